The first-order chi connectivity index (χ1) is 11.8. The van der Waals surface area contributed by atoms with E-state index in [0.717, 1.165) is 11.8 Å². The molecule has 0 saturated heterocycles. The van der Waals surface area contributed by atoms with E-state index < -0.39 is 29.3 Å². The first kappa shape index (κ1) is 16.8. The molecule has 0 amide bonds. The van der Waals surface area contributed by atoms with Gasteiger partial charge in [-0.25, -0.2) is 13.2 Å². The van der Waals surface area contributed by atoms with Crippen LogP contribution in [0.5, 0.6) is 5.75 Å². The van der Waals surface area contributed by atoms with Gasteiger partial charge in [-0.2, -0.15) is 5.26 Å². The first-order valence-electron chi connectivity index (χ1n) is 7.45. The van der Waals surface area contributed by atoms with Crippen LogP contribution in [-0.2, 0) is 0 Å². The Balaban J connectivity index is 2.23. The maximum absolute atomic E-state index is 14.3. The van der Waals surface area contributed by atoms with Crippen LogP contribution in [0.25, 0.3) is 0 Å². The fraction of sp³-hybridized carbons (Fsp3) is 0.222. The minimum atomic E-state index is -1.31. The van der Waals surface area contributed by atoms with Crippen molar-refractivity contribution in [3.63, 3.8) is 0 Å². The Morgan fingerprint density at radius 1 is 1.04 bits per heavy atom. The lowest BCUT2D eigenvalue weighted by Gasteiger charge is -2.31. The number of nitriles is 1. The number of hydrogen-bond acceptors (Lipinski definition) is 4. The second-order valence-corrected chi connectivity index (χ2v) is 5.96. The molecule has 0 spiro atoms. The quantitative estimate of drug-likeness (QED) is 0.842. The van der Waals surface area contributed by atoms with E-state index >= 15 is 0 Å². The number of benzene rings is 2. The number of rotatable bonds is 2. The van der Waals surface area contributed by atoms with E-state index in [4.69, 9.17) is 10.1 Å². The van der Waals surface area contributed by atoms with Crippen LogP contribution in [-0.4, -0.2) is 20.0 Å². The Bertz CT molecular complexity index is 905. The summed E-state index contributed by atoms with van der Waals surface area (Å²) in [5.74, 6) is -5.67. The third-order valence-electron chi connectivity index (χ3n) is 4.20. The number of anilines is 1. The maximum Gasteiger partial charge on any atom is 0.205 e. The third kappa shape index (κ3) is 2.80. The molecule has 0 aromatic heterocycles. The van der Waals surface area contributed by atoms with Crippen LogP contribution in [0.2, 0.25) is 0 Å². The monoisotopic (exact) mass is 345 g/mol. The summed E-state index contributed by atoms with van der Waals surface area (Å²) in [5.41, 5.74) is 1.04. The second-order valence-electron chi connectivity index (χ2n) is 5.96. The summed E-state index contributed by atoms with van der Waals surface area (Å²) < 4.78 is 46.7. The van der Waals surface area contributed by atoms with E-state index in [-0.39, 0.29) is 17.2 Å². The molecule has 1 aliphatic rings. The lowest BCUT2D eigenvalue weighted by molar-refractivity contribution is 0.437. The summed E-state index contributed by atoms with van der Waals surface area (Å²) in [6.07, 6.45) is 0. The van der Waals surface area contributed by atoms with E-state index in [2.05, 4.69) is 0 Å². The molecule has 3 rings (SSSR count). The van der Waals surface area contributed by atoms with E-state index in [1.807, 2.05) is 25.1 Å². The van der Waals surface area contributed by atoms with Gasteiger partial charge in [-0.05, 0) is 12.1 Å². The van der Waals surface area contributed by atoms with Crippen molar-refractivity contribution in [3.05, 3.63) is 58.9 Å². The van der Waals surface area contributed by atoms with Gasteiger partial charge in [0.1, 0.15) is 17.5 Å². The van der Waals surface area contributed by atoms with Gasteiger partial charge in [0, 0.05) is 49.0 Å². The van der Waals surface area contributed by atoms with Crippen LogP contribution in [0.4, 0.5) is 18.9 Å². The van der Waals surface area contributed by atoms with Crippen molar-refractivity contribution < 1.29 is 17.9 Å². The molecule has 25 heavy (non-hydrogen) atoms. The summed E-state index contributed by atoms with van der Waals surface area (Å²) in [4.78, 5) is 1.82. The lowest BCUT2D eigenvalue weighted by atomic mass is 9.78. The number of ether oxygens (including phenoxy) is 1. The van der Waals surface area contributed by atoms with Gasteiger partial charge in [-0.15, -0.1) is 0 Å². The average molecular weight is 345 g/mol. The van der Waals surface area contributed by atoms with Gasteiger partial charge >= 0.3 is 0 Å². The van der Waals surface area contributed by atoms with E-state index in [9.17, 15) is 18.4 Å². The molecule has 2 unspecified atom stereocenters. The molecule has 0 saturated carbocycles. The maximum atomic E-state index is 14.3. The summed E-state index contributed by atoms with van der Waals surface area (Å²) in [6.45, 7) is 0. The summed E-state index contributed by atoms with van der Waals surface area (Å²) in [6, 6.07) is 8.13. The highest BCUT2D eigenvalue weighted by molar-refractivity contribution is 5.85. The molecule has 0 aliphatic carbocycles. The van der Waals surface area contributed by atoms with Crippen LogP contribution in [0.1, 0.15) is 17.0 Å². The zero-order valence-corrected chi connectivity index (χ0v) is 13.5. The third-order valence-corrected chi connectivity index (χ3v) is 4.20. The van der Waals surface area contributed by atoms with Crippen molar-refractivity contribution >= 4 is 11.6 Å². The predicted molar refractivity (Wildman–Crippen MR) is 86.4 cm³/mol. The second kappa shape index (κ2) is 6.13. The Hall–Kier alpha value is -3.01. The molecule has 1 N–H and O–H groups in total. The standard InChI is InChI=1S/C18H14F3N3O/c1-24(2)9-3-4-10-16(5-9)25-18(23)12(8-22)17(10)11-6-14(20)15(21)7-13(11)19/h3-7,12,17,23H,1-2H3. The SMILES string of the molecule is CN(C)c1ccc2c(c1)OC(=N)C(C#N)C2c1cc(F)c(F)cc1F. The molecule has 7 heteroatoms. The molecule has 1 heterocycles. The molecule has 128 valence electrons. The van der Waals surface area contributed by atoms with Gasteiger partial charge in [0.25, 0.3) is 0 Å². The fourth-order valence-electron chi connectivity index (χ4n) is 2.92. The van der Waals surface area contributed by atoms with Gasteiger partial charge < -0.3 is 9.64 Å². The topological polar surface area (TPSA) is 60.1 Å². The van der Waals surface area contributed by atoms with E-state index in [1.54, 1.807) is 18.2 Å². The van der Waals surface area contributed by atoms with E-state index in [1.165, 1.54) is 0 Å². The Kier molecular flexibility index (Phi) is 4.13. The smallest absolute Gasteiger partial charge is 0.205 e. The van der Waals surface area contributed by atoms with E-state index in [0.29, 0.717) is 11.6 Å². The highest BCUT2D eigenvalue weighted by Crippen LogP contribution is 2.44. The van der Waals surface area contributed by atoms with Crippen LogP contribution < -0.4 is 9.64 Å². The molecule has 2 aromatic carbocycles. The zero-order chi connectivity index (χ0) is 18.3. The Morgan fingerprint density at radius 3 is 2.36 bits per heavy atom. The molecule has 0 bridgehead atoms. The summed E-state index contributed by atoms with van der Waals surface area (Å²) in [5, 5.41) is 17.4. The van der Waals surface area contributed by atoms with Gasteiger partial charge in [0.2, 0.25) is 5.90 Å². The molecular weight excluding hydrogens is 331 g/mol. The van der Waals surface area contributed by atoms with Crippen LogP contribution in [0.15, 0.2) is 30.3 Å². The Morgan fingerprint density at radius 2 is 1.72 bits per heavy atom. The van der Waals surface area contributed by atoms with Crippen molar-refractivity contribution in [1.82, 2.24) is 0 Å². The van der Waals surface area contributed by atoms with Crippen LogP contribution in [0, 0.1) is 40.1 Å². The van der Waals surface area contributed by atoms with Crippen molar-refractivity contribution in [2.45, 2.75) is 5.92 Å². The zero-order valence-electron chi connectivity index (χ0n) is 13.5. The summed E-state index contributed by atoms with van der Waals surface area (Å²) in [7, 11) is 3.64. The molecule has 1 aliphatic heterocycles. The van der Waals surface area contributed by atoms with Crippen molar-refractivity contribution in [3.8, 4) is 11.8 Å². The summed E-state index contributed by atoms with van der Waals surface area (Å²) >= 11 is 0. The molecule has 0 radical (unpaired) electrons. The minimum Gasteiger partial charge on any atom is -0.442 e. The molecule has 2 aromatic rings. The average Bonchev–Trinajstić information content (AvgIpc) is 2.56. The largest absolute Gasteiger partial charge is 0.442 e. The highest BCUT2D eigenvalue weighted by atomic mass is 19.2. The lowest BCUT2D eigenvalue weighted by Crippen LogP contribution is -2.31. The van der Waals surface area contributed by atoms with Crippen molar-refractivity contribution in [2.24, 2.45) is 5.92 Å². The molecular formula is C18H14F3N3O. The number of nitrogens with one attached hydrogen (secondary N) is 1. The Labute approximate surface area is 142 Å². The molecule has 0 fully saturated rings. The van der Waals surface area contributed by atoms with Crippen molar-refractivity contribution in [1.29, 1.82) is 10.7 Å². The highest BCUT2D eigenvalue weighted by Gasteiger charge is 2.38. The van der Waals surface area contributed by atoms with Gasteiger partial charge in [-0.3, -0.25) is 5.41 Å². The first-order valence-corrected chi connectivity index (χ1v) is 7.45. The van der Waals surface area contributed by atoms with Gasteiger partial charge in [0.05, 0.1) is 6.07 Å². The number of halogens is 3. The van der Waals surface area contributed by atoms with Crippen LogP contribution in [0.3, 0.4) is 0 Å². The minimum absolute atomic E-state index is 0.183. The molecule has 4 nitrogen and oxygen atoms in total. The number of hydrogen-bond donors (Lipinski definition) is 1. The fourth-order valence-corrected chi connectivity index (χ4v) is 2.92. The number of fused-ring (bicyclic) bond motifs is 1. The van der Waals surface area contributed by atoms with Crippen LogP contribution >= 0.6 is 0 Å². The van der Waals surface area contributed by atoms with Crippen molar-refractivity contribution in [2.75, 3.05) is 19.0 Å². The predicted octanol–water partition coefficient (Wildman–Crippen LogP) is 3.81. The normalized spacial score (nSPS) is 19.0. The van der Waals surface area contributed by atoms with Gasteiger partial charge in [-0.1, -0.05) is 6.07 Å². The molecule has 2 atom stereocenters. The number of nitrogens with zero attached hydrogens (tertiary/aromatic N) is 2. The van der Waals surface area contributed by atoms with Gasteiger partial charge in [0.15, 0.2) is 11.6 Å².